The highest BCUT2D eigenvalue weighted by atomic mass is 16.5. The Kier molecular flexibility index (Phi) is 61.4. The number of nitrogens with one attached hydrogen (secondary N) is 1. The van der Waals surface area contributed by atoms with Crippen LogP contribution in [-0.2, 0) is 14.3 Å². The van der Waals surface area contributed by atoms with E-state index in [1.807, 2.05) is 0 Å². The maximum atomic E-state index is 12.5. The first-order valence-electron chi connectivity index (χ1n) is 33.1. The quantitative estimate of drug-likeness (QED) is 0.0320. The number of carbonyl (C=O) groups excluding carboxylic acids is 2. The van der Waals surface area contributed by atoms with E-state index in [0.29, 0.717) is 25.9 Å². The van der Waals surface area contributed by atoms with E-state index in [1.54, 1.807) is 0 Å². The van der Waals surface area contributed by atoms with Crippen LogP contribution in [-0.4, -0.2) is 47.4 Å². The number of hydrogen-bond donors (Lipinski definition) is 3. The van der Waals surface area contributed by atoms with Crippen molar-refractivity contribution in [3.63, 3.8) is 0 Å². The Bertz CT molecular complexity index is 1140. The fraction of sp³-hybridized carbons (Fsp3) is 0.910. The molecule has 73 heavy (non-hydrogen) atoms. The summed E-state index contributed by atoms with van der Waals surface area (Å²) in [6.07, 6.45) is 77.9. The van der Waals surface area contributed by atoms with Crippen molar-refractivity contribution in [3.05, 3.63) is 24.3 Å². The molecule has 1 amide bonds. The molecule has 6 heteroatoms. The van der Waals surface area contributed by atoms with Gasteiger partial charge in [-0.05, 0) is 57.8 Å². The second kappa shape index (κ2) is 62.9. The van der Waals surface area contributed by atoms with E-state index < -0.39 is 12.1 Å². The van der Waals surface area contributed by atoms with E-state index in [-0.39, 0.29) is 18.5 Å². The molecule has 0 saturated carbocycles. The van der Waals surface area contributed by atoms with E-state index in [4.69, 9.17) is 4.74 Å². The zero-order valence-corrected chi connectivity index (χ0v) is 49.4. The Hall–Kier alpha value is -1.66. The van der Waals surface area contributed by atoms with E-state index >= 15 is 0 Å². The number of aliphatic hydroxyl groups is 2. The highest BCUT2D eigenvalue weighted by Gasteiger charge is 2.20. The number of esters is 1. The van der Waals surface area contributed by atoms with Crippen molar-refractivity contribution in [2.45, 2.75) is 379 Å². The van der Waals surface area contributed by atoms with E-state index in [9.17, 15) is 19.8 Å². The summed E-state index contributed by atoms with van der Waals surface area (Å²) in [5, 5.41) is 23.2. The molecule has 0 aliphatic heterocycles. The topological polar surface area (TPSA) is 95.9 Å². The maximum Gasteiger partial charge on any atom is 0.305 e. The molecule has 0 radical (unpaired) electrons. The molecule has 0 heterocycles. The molecule has 0 bridgehead atoms. The zero-order chi connectivity index (χ0) is 52.9. The standard InChI is InChI=1S/C67H129NO5/c1-3-5-7-9-11-13-15-16-33-37-41-45-49-53-57-61-67(72)73-62-58-54-50-46-42-38-35-32-30-28-26-24-22-20-18-17-19-21-23-25-27-29-31-34-36-40-44-48-52-56-60-66(71)68-64(63-69)65(70)59-55-51-47-43-39-14-12-10-8-6-4-2/h11,13,16,33,64-65,69-70H,3-10,12,14-15,17-32,34-63H2,1-2H3,(H,68,71)/b13-11-,33-16-. The average molecular weight is 1030 g/mol. The van der Waals surface area contributed by atoms with Crippen LogP contribution in [0.5, 0.6) is 0 Å². The lowest BCUT2D eigenvalue weighted by Crippen LogP contribution is -2.45. The lowest BCUT2D eigenvalue weighted by Gasteiger charge is -2.22. The minimum Gasteiger partial charge on any atom is -0.466 e. The van der Waals surface area contributed by atoms with Crippen LogP contribution in [0.15, 0.2) is 24.3 Å². The summed E-state index contributed by atoms with van der Waals surface area (Å²) >= 11 is 0. The molecule has 0 aromatic rings. The van der Waals surface area contributed by atoms with Gasteiger partial charge in [0.25, 0.3) is 0 Å². The summed E-state index contributed by atoms with van der Waals surface area (Å²) in [5.41, 5.74) is 0. The molecule has 0 saturated heterocycles. The number of ether oxygens (including phenoxy) is 1. The first kappa shape index (κ1) is 71.3. The van der Waals surface area contributed by atoms with Crippen molar-refractivity contribution < 1.29 is 24.5 Å². The molecule has 432 valence electrons. The number of amides is 1. The molecular weight excluding hydrogens is 899 g/mol. The van der Waals surface area contributed by atoms with Gasteiger partial charge in [0.15, 0.2) is 0 Å². The van der Waals surface area contributed by atoms with Gasteiger partial charge in [-0.25, -0.2) is 0 Å². The van der Waals surface area contributed by atoms with Crippen LogP contribution in [0.1, 0.15) is 367 Å². The van der Waals surface area contributed by atoms with E-state index in [1.165, 1.54) is 283 Å². The molecule has 0 aromatic heterocycles. The first-order chi connectivity index (χ1) is 36.0. The zero-order valence-electron chi connectivity index (χ0n) is 49.4. The Balaban J connectivity index is 3.31. The van der Waals surface area contributed by atoms with Gasteiger partial charge < -0.3 is 20.3 Å². The Morgan fingerprint density at radius 1 is 0.384 bits per heavy atom. The lowest BCUT2D eigenvalue weighted by molar-refractivity contribution is -0.143. The normalized spacial score (nSPS) is 12.7. The maximum absolute atomic E-state index is 12.5. The molecule has 0 aromatic carbocycles. The van der Waals surface area contributed by atoms with Gasteiger partial charge in [0.05, 0.1) is 25.4 Å². The molecule has 0 fully saturated rings. The third-order valence-electron chi connectivity index (χ3n) is 15.5. The molecule has 3 N–H and O–H groups in total. The van der Waals surface area contributed by atoms with Crippen molar-refractivity contribution in [1.82, 2.24) is 5.32 Å². The van der Waals surface area contributed by atoms with Gasteiger partial charge in [0.1, 0.15) is 0 Å². The molecule has 6 nitrogen and oxygen atoms in total. The van der Waals surface area contributed by atoms with Crippen LogP contribution >= 0.6 is 0 Å². The molecule has 0 aliphatic carbocycles. The largest absolute Gasteiger partial charge is 0.466 e. The van der Waals surface area contributed by atoms with Crippen molar-refractivity contribution in [3.8, 4) is 0 Å². The van der Waals surface area contributed by atoms with Gasteiger partial charge in [-0.15, -0.1) is 0 Å². The average Bonchev–Trinajstić information content (AvgIpc) is 3.39. The van der Waals surface area contributed by atoms with Crippen LogP contribution in [0, 0.1) is 0 Å². The van der Waals surface area contributed by atoms with Gasteiger partial charge in [-0.3, -0.25) is 9.59 Å². The number of hydrogen-bond acceptors (Lipinski definition) is 5. The number of aliphatic hydroxyl groups excluding tert-OH is 2. The van der Waals surface area contributed by atoms with Crippen LogP contribution in [0.25, 0.3) is 0 Å². The monoisotopic (exact) mass is 1030 g/mol. The minimum absolute atomic E-state index is 0.00636. The van der Waals surface area contributed by atoms with Crippen LogP contribution in [0.2, 0.25) is 0 Å². The van der Waals surface area contributed by atoms with Crippen LogP contribution in [0.4, 0.5) is 0 Å². The predicted molar refractivity (Wildman–Crippen MR) is 320 cm³/mol. The van der Waals surface area contributed by atoms with Crippen molar-refractivity contribution in [2.24, 2.45) is 0 Å². The lowest BCUT2D eigenvalue weighted by atomic mass is 10.0. The molecule has 0 rings (SSSR count). The summed E-state index contributed by atoms with van der Waals surface area (Å²) in [4.78, 5) is 24.5. The van der Waals surface area contributed by atoms with E-state index in [0.717, 1.165) is 51.4 Å². The second-order valence-electron chi connectivity index (χ2n) is 22.8. The number of rotatable bonds is 62. The van der Waals surface area contributed by atoms with Gasteiger partial charge in [-0.1, -0.05) is 321 Å². The number of allylic oxidation sites excluding steroid dienone is 4. The molecule has 2 unspecified atom stereocenters. The molecular formula is C67H129NO5. The predicted octanol–water partition coefficient (Wildman–Crippen LogP) is 21.0. The van der Waals surface area contributed by atoms with Crippen molar-refractivity contribution >= 4 is 11.9 Å². The summed E-state index contributed by atoms with van der Waals surface area (Å²) in [6.45, 7) is 4.94. The number of unbranched alkanes of at least 4 members (excludes halogenated alkanes) is 47. The summed E-state index contributed by atoms with van der Waals surface area (Å²) < 4.78 is 5.49. The number of carbonyl (C=O) groups is 2. The minimum atomic E-state index is -0.659. The van der Waals surface area contributed by atoms with Crippen LogP contribution < -0.4 is 5.32 Å². The highest BCUT2D eigenvalue weighted by Crippen LogP contribution is 2.19. The SMILES string of the molecule is CCCCC/C=C\C/C=C\CCCCCCCC(=O)OCCCCCCCCCCCCCCCCCCCCCCCCCCCCCCCCC(=O)NC(CO)C(O)CCCCCCCCCCCCC. The highest BCUT2D eigenvalue weighted by molar-refractivity contribution is 5.76. The molecule has 0 spiro atoms. The van der Waals surface area contributed by atoms with Crippen molar-refractivity contribution in [1.29, 1.82) is 0 Å². The van der Waals surface area contributed by atoms with Crippen LogP contribution in [0.3, 0.4) is 0 Å². The molecule has 2 atom stereocenters. The smallest absolute Gasteiger partial charge is 0.305 e. The van der Waals surface area contributed by atoms with E-state index in [2.05, 4.69) is 43.5 Å². The summed E-state index contributed by atoms with van der Waals surface area (Å²) in [7, 11) is 0. The van der Waals surface area contributed by atoms with Gasteiger partial charge >= 0.3 is 5.97 Å². The third kappa shape index (κ3) is 59.4. The summed E-state index contributed by atoms with van der Waals surface area (Å²) in [6, 6.07) is -0.536. The second-order valence-corrected chi connectivity index (χ2v) is 22.8. The Labute approximate surface area is 456 Å². The van der Waals surface area contributed by atoms with Gasteiger partial charge in [-0.2, -0.15) is 0 Å². The summed E-state index contributed by atoms with van der Waals surface area (Å²) in [5.74, 6) is -0.0242. The Morgan fingerprint density at radius 2 is 0.685 bits per heavy atom. The fourth-order valence-electron chi connectivity index (χ4n) is 10.4. The van der Waals surface area contributed by atoms with Gasteiger partial charge in [0, 0.05) is 12.8 Å². The Morgan fingerprint density at radius 3 is 1.07 bits per heavy atom. The fourth-order valence-corrected chi connectivity index (χ4v) is 10.4. The van der Waals surface area contributed by atoms with Gasteiger partial charge in [0.2, 0.25) is 5.91 Å². The molecule has 0 aliphatic rings. The first-order valence-corrected chi connectivity index (χ1v) is 33.1. The third-order valence-corrected chi connectivity index (χ3v) is 15.5. The van der Waals surface area contributed by atoms with Crippen molar-refractivity contribution in [2.75, 3.05) is 13.2 Å².